The Morgan fingerprint density at radius 3 is 1.46 bits per heavy atom. The average Bonchev–Trinajstić information content (AvgIpc) is 2.79. The minimum atomic E-state index is -2.03. The van der Waals surface area contributed by atoms with Gasteiger partial charge in [-0.15, -0.1) is 0 Å². The Labute approximate surface area is 226 Å². The summed E-state index contributed by atoms with van der Waals surface area (Å²) in [4.78, 5) is 22.7. The zero-order chi connectivity index (χ0) is 26.8. The van der Waals surface area contributed by atoms with Gasteiger partial charge in [0.25, 0.3) is 9.28 Å². The molecule has 9 heteroatoms. The van der Waals surface area contributed by atoms with Crippen molar-refractivity contribution in [3.63, 3.8) is 0 Å². The Bertz CT molecular complexity index is 984. The monoisotopic (exact) mass is 558 g/mol. The molecule has 0 N–H and O–H groups in total. The van der Waals surface area contributed by atoms with Gasteiger partial charge in [-0.1, -0.05) is 69.1 Å². The van der Waals surface area contributed by atoms with Crippen LogP contribution >= 0.6 is 0 Å². The van der Waals surface area contributed by atoms with Crippen LogP contribution in [0.15, 0.2) is 73.8 Å². The van der Waals surface area contributed by atoms with Crippen LogP contribution in [-0.4, -0.2) is 37.9 Å². The summed E-state index contributed by atoms with van der Waals surface area (Å²) in [5, 5.41) is 0. The minimum absolute atomic E-state index is 0. The summed E-state index contributed by atoms with van der Waals surface area (Å²) in [6, 6.07) is 17.9. The van der Waals surface area contributed by atoms with Gasteiger partial charge in [-0.05, 0) is 67.1 Å². The number of rotatable bonds is 14. The Morgan fingerprint density at radius 1 is 0.757 bits per heavy atom. The number of hydrogen-bond donors (Lipinski definition) is 0. The van der Waals surface area contributed by atoms with E-state index in [2.05, 4.69) is 70.2 Å². The molecule has 0 aliphatic heterocycles. The van der Waals surface area contributed by atoms with Gasteiger partial charge in [0.2, 0.25) is 0 Å². The predicted molar refractivity (Wildman–Crippen MR) is 157 cm³/mol. The summed E-state index contributed by atoms with van der Waals surface area (Å²) < 4.78 is 23.5. The van der Waals surface area contributed by atoms with Crippen molar-refractivity contribution in [2.24, 2.45) is 0 Å². The molecule has 0 amide bonds. The molecule has 2 rings (SSSR count). The summed E-state index contributed by atoms with van der Waals surface area (Å²) in [6.45, 7) is 18.3. The van der Waals surface area contributed by atoms with Crippen molar-refractivity contribution in [1.82, 2.24) is 0 Å². The molecule has 0 aromatic heterocycles. The van der Waals surface area contributed by atoms with Crippen LogP contribution in [-0.2, 0) is 52.6 Å². The highest BCUT2D eigenvalue weighted by molar-refractivity contribution is 6.81. The molecule has 202 valence electrons. The highest BCUT2D eigenvalue weighted by Gasteiger charge is 2.31. The first-order valence-corrected chi connectivity index (χ1v) is 20.3. The van der Waals surface area contributed by atoms with E-state index < -0.39 is 37.9 Å². The lowest BCUT2D eigenvalue weighted by molar-refractivity contribution is -0.139. The molecule has 0 bridgehead atoms. The summed E-state index contributed by atoms with van der Waals surface area (Å²) >= 11 is 0. The first kappa shape index (κ1) is 32.5. The van der Waals surface area contributed by atoms with E-state index in [0.29, 0.717) is 0 Å². The van der Waals surface area contributed by atoms with Gasteiger partial charge < -0.3 is 17.7 Å². The quantitative estimate of drug-likeness (QED) is 0.162. The Hall–Kier alpha value is -2.57. The van der Waals surface area contributed by atoms with Gasteiger partial charge >= 0.3 is 11.9 Å². The van der Waals surface area contributed by atoms with E-state index in [9.17, 15) is 9.59 Å². The first-order valence-electron chi connectivity index (χ1n) is 12.0. The second-order valence-corrected chi connectivity index (χ2v) is 20.7. The summed E-state index contributed by atoms with van der Waals surface area (Å²) in [7, 11) is -5.92. The van der Waals surface area contributed by atoms with Crippen molar-refractivity contribution >= 4 is 37.9 Å². The van der Waals surface area contributed by atoms with Gasteiger partial charge in [0.05, 0.1) is 0 Å². The third kappa shape index (κ3) is 12.5. The summed E-state index contributed by atoms with van der Waals surface area (Å²) in [5.41, 5.74) is 4.24. The first-order chi connectivity index (χ1) is 16.9. The Morgan fingerprint density at radius 2 is 1.11 bits per heavy atom. The fourth-order valence-electron chi connectivity index (χ4n) is 4.07. The highest BCUT2D eigenvalue weighted by Crippen LogP contribution is 2.21. The van der Waals surface area contributed by atoms with Crippen LogP contribution in [0.2, 0.25) is 32.7 Å². The zero-order valence-corrected chi connectivity index (χ0v) is 25.2. The van der Waals surface area contributed by atoms with E-state index in [1.54, 1.807) is 0 Å². The normalized spacial score (nSPS) is 11.4. The molecule has 6 nitrogen and oxygen atoms in total. The molecule has 0 atom stereocenters. The number of hydrogen-bond acceptors (Lipinski definition) is 6. The molecule has 0 saturated carbocycles. The number of benzene rings is 2. The largest absolute Gasteiger partial charge is 0.458 e. The third-order valence-corrected chi connectivity index (χ3v) is 15.6. The SMILES string of the molecule is C.C=CC(=O)OCc1cccc(C[Si](C)(C)O[SiH](C)O[Si](C)(C)Cc2cccc(COC(=O)C=C)c2)c1. The van der Waals surface area contributed by atoms with E-state index >= 15 is 0 Å². The minimum Gasteiger partial charge on any atom is -0.458 e. The molecule has 37 heavy (non-hydrogen) atoms. The van der Waals surface area contributed by atoms with Crippen molar-refractivity contribution in [3.05, 3.63) is 96.1 Å². The number of ether oxygens (including phenoxy) is 2. The van der Waals surface area contributed by atoms with E-state index in [-0.39, 0.29) is 20.6 Å². The maximum absolute atomic E-state index is 11.4. The van der Waals surface area contributed by atoms with Crippen LogP contribution in [0.3, 0.4) is 0 Å². The predicted octanol–water partition coefficient (Wildman–Crippen LogP) is 5.94. The highest BCUT2D eigenvalue weighted by atomic mass is 28.4. The van der Waals surface area contributed by atoms with Gasteiger partial charge in [-0.25, -0.2) is 9.59 Å². The molecule has 0 fully saturated rings. The molecule has 0 radical (unpaired) electrons. The second kappa shape index (κ2) is 15.0. The number of carbonyl (C=O) groups excluding carboxylic acids is 2. The van der Waals surface area contributed by atoms with Crippen LogP contribution in [0.1, 0.15) is 29.7 Å². The molecule has 0 unspecified atom stereocenters. The maximum Gasteiger partial charge on any atom is 0.330 e. The van der Waals surface area contributed by atoms with Crippen LogP contribution in [0.5, 0.6) is 0 Å². The van der Waals surface area contributed by atoms with Crippen molar-refractivity contribution in [3.8, 4) is 0 Å². The molecule has 0 saturated heterocycles. The lowest BCUT2D eigenvalue weighted by Crippen LogP contribution is -2.46. The molecule has 0 heterocycles. The van der Waals surface area contributed by atoms with E-state index in [1.807, 2.05) is 24.3 Å². The third-order valence-electron chi connectivity index (χ3n) is 5.31. The van der Waals surface area contributed by atoms with Crippen LogP contribution < -0.4 is 0 Å². The van der Waals surface area contributed by atoms with Gasteiger partial charge in [0.15, 0.2) is 16.6 Å². The molecule has 0 aliphatic rings. The molecule has 2 aromatic carbocycles. The van der Waals surface area contributed by atoms with Crippen LogP contribution in [0.25, 0.3) is 0 Å². The Balaban J connectivity index is 0.00000684. The molecular formula is C28H42O6Si3. The van der Waals surface area contributed by atoms with Gasteiger partial charge in [-0.3, -0.25) is 0 Å². The Kier molecular flexibility index (Phi) is 13.2. The lowest BCUT2D eigenvalue weighted by atomic mass is 10.1. The topological polar surface area (TPSA) is 71.1 Å². The molecule has 0 aliphatic carbocycles. The van der Waals surface area contributed by atoms with Gasteiger partial charge in [-0.2, -0.15) is 0 Å². The smallest absolute Gasteiger partial charge is 0.330 e. The fraction of sp³-hybridized carbons (Fsp3) is 0.357. The van der Waals surface area contributed by atoms with Crippen LogP contribution in [0.4, 0.5) is 0 Å². The second-order valence-electron chi connectivity index (χ2n) is 9.94. The summed E-state index contributed by atoms with van der Waals surface area (Å²) in [6.07, 6.45) is 2.34. The lowest BCUT2D eigenvalue weighted by Gasteiger charge is -2.32. The van der Waals surface area contributed by atoms with Crippen molar-refractivity contribution < 1.29 is 27.3 Å². The van der Waals surface area contributed by atoms with Crippen molar-refractivity contribution in [1.29, 1.82) is 0 Å². The van der Waals surface area contributed by atoms with Gasteiger partial charge in [0, 0.05) is 12.2 Å². The standard InChI is InChI=1S/C27H38O6Si3.CH4/c1-8-26(28)30-18-22-12-10-14-24(16-22)20-35(4,5)32-34(3)33-36(6,7)21-25-15-11-13-23(17-25)19-31-27(29)9-2;/h8-17,34H,1-2,18-21H2,3-7H3;1H4. The van der Waals surface area contributed by atoms with Crippen molar-refractivity contribution in [2.45, 2.75) is 65.5 Å². The summed E-state index contributed by atoms with van der Waals surface area (Å²) in [5.74, 6) is -0.852. The number of carbonyl (C=O) groups is 2. The van der Waals surface area contributed by atoms with E-state index in [0.717, 1.165) is 23.2 Å². The van der Waals surface area contributed by atoms with E-state index in [1.165, 1.54) is 23.3 Å². The van der Waals surface area contributed by atoms with E-state index in [4.69, 9.17) is 17.7 Å². The molecular weight excluding hydrogens is 517 g/mol. The molecule has 2 aromatic rings. The molecule has 0 spiro atoms. The van der Waals surface area contributed by atoms with Gasteiger partial charge in [0.1, 0.15) is 13.2 Å². The van der Waals surface area contributed by atoms with Crippen LogP contribution in [0, 0.1) is 0 Å². The fourth-order valence-corrected chi connectivity index (χ4v) is 15.0. The average molecular weight is 559 g/mol. The van der Waals surface area contributed by atoms with Crippen molar-refractivity contribution in [2.75, 3.05) is 0 Å². The zero-order valence-electron chi connectivity index (χ0n) is 22.0. The number of esters is 2. The maximum atomic E-state index is 11.4.